The first-order chi connectivity index (χ1) is 9.60. The molecule has 1 heterocycles. The highest BCUT2D eigenvalue weighted by Crippen LogP contribution is 2.44. The molecule has 3 rings (SSSR count). The lowest BCUT2D eigenvalue weighted by atomic mass is 10.2. The van der Waals surface area contributed by atoms with Gasteiger partial charge in [-0.15, -0.1) is 0 Å². The van der Waals surface area contributed by atoms with Gasteiger partial charge < -0.3 is 10.4 Å². The Kier molecular flexibility index (Phi) is 3.33. The number of phenols is 1. The van der Waals surface area contributed by atoms with Crippen LogP contribution in [0.15, 0.2) is 22.7 Å². The fraction of sp³-hybridized carbons (Fsp3) is 0.286. The van der Waals surface area contributed by atoms with E-state index in [9.17, 15) is 9.50 Å². The maximum atomic E-state index is 13.5. The molecule has 1 aromatic heterocycles. The predicted molar refractivity (Wildman–Crippen MR) is 78.3 cm³/mol. The minimum Gasteiger partial charge on any atom is -0.505 e. The zero-order chi connectivity index (χ0) is 14.3. The van der Waals surface area contributed by atoms with E-state index in [1.807, 2.05) is 0 Å². The molecule has 1 aliphatic carbocycles. The van der Waals surface area contributed by atoms with Gasteiger partial charge in [0, 0.05) is 18.5 Å². The Labute approximate surface area is 124 Å². The summed E-state index contributed by atoms with van der Waals surface area (Å²) in [6.45, 7) is 0. The molecule has 1 fully saturated rings. The van der Waals surface area contributed by atoms with Gasteiger partial charge in [-0.2, -0.15) is 0 Å². The van der Waals surface area contributed by atoms with Gasteiger partial charge in [0.05, 0.1) is 10.2 Å². The van der Waals surface area contributed by atoms with E-state index in [1.54, 1.807) is 13.1 Å². The van der Waals surface area contributed by atoms with Crippen LogP contribution in [0.5, 0.6) is 5.75 Å². The van der Waals surface area contributed by atoms with E-state index >= 15 is 0 Å². The van der Waals surface area contributed by atoms with Crippen LogP contribution in [0.4, 0.5) is 10.2 Å². The first kappa shape index (κ1) is 13.3. The molecule has 0 bridgehead atoms. The van der Waals surface area contributed by atoms with Crippen LogP contribution >= 0.6 is 15.9 Å². The lowest BCUT2D eigenvalue weighted by Gasteiger charge is -2.11. The fourth-order valence-electron chi connectivity index (χ4n) is 2.03. The highest BCUT2D eigenvalue weighted by Gasteiger charge is 2.29. The van der Waals surface area contributed by atoms with Crippen LogP contribution in [0.3, 0.4) is 0 Å². The number of hydrogen-bond acceptors (Lipinski definition) is 4. The molecular formula is C14H13BrFN3O. The molecule has 2 N–H and O–H groups in total. The third-order valence-electron chi connectivity index (χ3n) is 3.28. The van der Waals surface area contributed by atoms with Crippen LogP contribution in [0, 0.1) is 5.82 Å². The van der Waals surface area contributed by atoms with E-state index in [-0.39, 0.29) is 5.75 Å². The van der Waals surface area contributed by atoms with Gasteiger partial charge in [-0.3, -0.25) is 0 Å². The highest BCUT2D eigenvalue weighted by atomic mass is 79.9. The summed E-state index contributed by atoms with van der Waals surface area (Å²) in [5, 5.41) is 12.3. The summed E-state index contributed by atoms with van der Waals surface area (Å²) in [7, 11) is 1.78. The van der Waals surface area contributed by atoms with Crippen LogP contribution in [0.1, 0.15) is 24.5 Å². The maximum Gasteiger partial charge on any atom is 0.165 e. The van der Waals surface area contributed by atoms with Gasteiger partial charge in [-0.1, -0.05) is 0 Å². The average Bonchev–Trinajstić information content (AvgIpc) is 3.27. The van der Waals surface area contributed by atoms with E-state index in [0.29, 0.717) is 23.1 Å². The summed E-state index contributed by atoms with van der Waals surface area (Å²) in [5.74, 6) is 0.541. The molecule has 0 aliphatic heterocycles. The maximum absolute atomic E-state index is 13.5. The fourth-order valence-corrected chi connectivity index (χ4v) is 2.73. The van der Waals surface area contributed by atoms with Gasteiger partial charge in [0.15, 0.2) is 17.4 Å². The molecule has 4 nitrogen and oxygen atoms in total. The number of rotatable bonds is 3. The molecule has 0 atom stereocenters. The average molecular weight is 338 g/mol. The van der Waals surface area contributed by atoms with E-state index in [4.69, 9.17) is 0 Å². The molecule has 20 heavy (non-hydrogen) atoms. The zero-order valence-corrected chi connectivity index (χ0v) is 12.4. The number of halogens is 2. The predicted octanol–water partition coefficient (Wildman–Crippen LogP) is 3.67. The largest absolute Gasteiger partial charge is 0.505 e. The van der Waals surface area contributed by atoms with Crippen molar-refractivity contribution in [3.63, 3.8) is 0 Å². The number of phenolic OH excluding ortho intramolecular Hbond substituents is 1. The minimum absolute atomic E-state index is 0.373. The van der Waals surface area contributed by atoms with Crippen molar-refractivity contribution >= 4 is 21.7 Å². The van der Waals surface area contributed by atoms with Crippen molar-refractivity contribution in [1.29, 1.82) is 0 Å². The molecule has 1 aliphatic rings. The summed E-state index contributed by atoms with van der Waals surface area (Å²) in [6, 6.07) is 4.17. The molecule has 1 saturated carbocycles. The number of nitrogens with one attached hydrogen (secondary N) is 1. The second-order valence-corrected chi connectivity index (χ2v) is 5.58. The normalized spacial score (nSPS) is 14.3. The minimum atomic E-state index is -0.673. The lowest BCUT2D eigenvalue weighted by Crippen LogP contribution is -2.02. The summed E-state index contributed by atoms with van der Waals surface area (Å²) in [4.78, 5) is 8.92. The number of benzene rings is 1. The molecule has 2 aromatic rings. The molecule has 0 amide bonds. The number of hydrogen-bond donors (Lipinski definition) is 2. The number of nitrogens with zero attached hydrogens (tertiary/aromatic N) is 2. The van der Waals surface area contributed by atoms with Crippen LogP contribution < -0.4 is 5.32 Å². The second-order valence-electron chi connectivity index (χ2n) is 4.79. The Morgan fingerprint density at radius 3 is 2.70 bits per heavy atom. The van der Waals surface area contributed by atoms with Crippen LogP contribution in [0.2, 0.25) is 0 Å². The Morgan fingerprint density at radius 2 is 2.10 bits per heavy atom. The van der Waals surface area contributed by atoms with Crippen LogP contribution in [-0.4, -0.2) is 22.1 Å². The summed E-state index contributed by atoms with van der Waals surface area (Å²) in [5.41, 5.74) is 1.50. The number of aromatic nitrogens is 2. The molecule has 104 valence electrons. The van der Waals surface area contributed by atoms with Gasteiger partial charge in [0.2, 0.25) is 0 Å². The van der Waals surface area contributed by atoms with E-state index in [0.717, 1.165) is 23.0 Å². The zero-order valence-electron chi connectivity index (χ0n) is 10.8. The Morgan fingerprint density at radius 1 is 1.35 bits per heavy atom. The number of aromatic hydroxyl groups is 1. The first-order valence-corrected chi connectivity index (χ1v) is 7.13. The topological polar surface area (TPSA) is 58.0 Å². The van der Waals surface area contributed by atoms with Crippen molar-refractivity contribution in [3.05, 3.63) is 34.2 Å². The highest BCUT2D eigenvalue weighted by molar-refractivity contribution is 9.10. The summed E-state index contributed by atoms with van der Waals surface area (Å²) >= 11 is 3.51. The van der Waals surface area contributed by atoms with Crippen LogP contribution in [-0.2, 0) is 0 Å². The first-order valence-electron chi connectivity index (χ1n) is 6.34. The molecule has 0 spiro atoms. The van der Waals surface area contributed by atoms with E-state index in [1.165, 1.54) is 12.1 Å². The molecule has 0 unspecified atom stereocenters. The molecule has 0 radical (unpaired) electrons. The lowest BCUT2D eigenvalue weighted by molar-refractivity contribution is 0.432. The third-order valence-corrected chi connectivity index (χ3v) is 4.07. The van der Waals surface area contributed by atoms with Crippen molar-refractivity contribution in [2.24, 2.45) is 0 Å². The molecule has 0 saturated heterocycles. The molecule has 1 aromatic carbocycles. The molecule has 6 heteroatoms. The van der Waals surface area contributed by atoms with Crippen LogP contribution in [0.25, 0.3) is 11.4 Å². The SMILES string of the molecule is CNc1nc(-c2ccc(O)c(F)c2)nc(C2CC2)c1Br. The van der Waals surface area contributed by atoms with E-state index < -0.39 is 5.82 Å². The smallest absolute Gasteiger partial charge is 0.165 e. The summed E-state index contributed by atoms with van der Waals surface area (Å²) in [6.07, 6.45) is 2.23. The van der Waals surface area contributed by atoms with Crippen molar-refractivity contribution < 1.29 is 9.50 Å². The number of anilines is 1. The quantitative estimate of drug-likeness (QED) is 0.897. The summed E-state index contributed by atoms with van der Waals surface area (Å²) < 4.78 is 14.3. The van der Waals surface area contributed by atoms with Crippen molar-refractivity contribution in [2.45, 2.75) is 18.8 Å². The van der Waals surface area contributed by atoms with Crippen molar-refractivity contribution in [1.82, 2.24) is 9.97 Å². The second kappa shape index (κ2) is 5.01. The van der Waals surface area contributed by atoms with Crippen molar-refractivity contribution in [2.75, 3.05) is 12.4 Å². The molecular weight excluding hydrogens is 325 g/mol. The van der Waals surface area contributed by atoms with Gasteiger partial charge in [0.1, 0.15) is 5.82 Å². The van der Waals surface area contributed by atoms with Gasteiger partial charge in [-0.05, 0) is 47.0 Å². The van der Waals surface area contributed by atoms with Gasteiger partial charge >= 0.3 is 0 Å². The Bertz CT molecular complexity index is 674. The monoisotopic (exact) mass is 337 g/mol. The third kappa shape index (κ3) is 2.35. The van der Waals surface area contributed by atoms with E-state index in [2.05, 4.69) is 31.2 Å². The Hall–Kier alpha value is -1.69. The van der Waals surface area contributed by atoms with Gasteiger partial charge in [0.25, 0.3) is 0 Å². The van der Waals surface area contributed by atoms with Crippen molar-refractivity contribution in [3.8, 4) is 17.1 Å². The standard InChI is InChI=1S/C14H13BrFN3O/c1-17-14-11(15)12(7-2-3-7)18-13(19-14)8-4-5-10(20)9(16)6-8/h4-7,20H,2-3H2,1H3,(H,17,18,19). The Balaban J connectivity index is 2.12. The van der Waals surface area contributed by atoms with Gasteiger partial charge in [-0.25, -0.2) is 14.4 Å².